The van der Waals surface area contributed by atoms with Gasteiger partial charge in [-0.25, -0.2) is 4.39 Å². The summed E-state index contributed by atoms with van der Waals surface area (Å²) in [5.41, 5.74) is 8.24. The molecule has 3 aromatic rings. The summed E-state index contributed by atoms with van der Waals surface area (Å²) in [6, 6.07) is 4.56. The third-order valence-corrected chi connectivity index (χ3v) is 10.5. The number of nitrogens with two attached hydrogens (primary N) is 1. The van der Waals surface area contributed by atoms with Gasteiger partial charge in [0.1, 0.15) is 12.4 Å². The van der Waals surface area contributed by atoms with Gasteiger partial charge in [0.25, 0.3) is 5.91 Å². The van der Waals surface area contributed by atoms with Gasteiger partial charge in [0.15, 0.2) is 5.69 Å². The molecule has 11 nitrogen and oxygen atoms in total. The van der Waals surface area contributed by atoms with Crippen molar-refractivity contribution in [2.75, 3.05) is 50.5 Å². The van der Waals surface area contributed by atoms with Crippen LogP contribution in [0, 0.1) is 6.92 Å². The Bertz CT molecular complexity index is 1830. The molecule has 4 aliphatic rings. The highest BCUT2D eigenvalue weighted by Crippen LogP contribution is 2.44. The number of nitrogen functional groups attached to an aromatic ring is 1. The highest BCUT2D eigenvalue weighted by molar-refractivity contribution is 5.92. The second-order valence-electron chi connectivity index (χ2n) is 13.9. The molecule has 2 aromatic heterocycles. The monoisotopic (exact) mass is 698 g/mol. The maximum absolute atomic E-state index is 14.3. The number of alkyl halides is 3. The fraction of sp³-hybridized carbons (Fsp3) is 0.543. The predicted octanol–water partition coefficient (Wildman–Crippen LogP) is 5.37. The fourth-order valence-electron chi connectivity index (χ4n) is 7.98. The summed E-state index contributed by atoms with van der Waals surface area (Å²) in [4.78, 5) is 28.5. The molecule has 0 bridgehead atoms. The molecule has 0 radical (unpaired) electrons. The number of carbonyl (C=O) groups is 1. The van der Waals surface area contributed by atoms with Crippen molar-refractivity contribution in [2.45, 2.75) is 83.5 Å². The van der Waals surface area contributed by atoms with Crippen molar-refractivity contribution in [2.24, 2.45) is 0 Å². The van der Waals surface area contributed by atoms with Gasteiger partial charge >= 0.3 is 12.2 Å². The van der Waals surface area contributed by atoms with Gasteiger partial charge < -0.3 is 25.0 Å². The van der Waals surface area contributed by atoms with Crippen LogP contribution in [-0.4, -0.2) is 80.8 Å². The van der Waals surface area contributed by atoms with Crippen molar-refractivity contribution in [3.63, 3.8) is 0 Å². The topological polar surface area (TPSA) is 115 Å². The number of halogens is 4. The standard InChI is InChI=1S/C35H42F4N8O3/c1-4-44(3)32(48)28-13-24-18-45(8-6-10-47(24)43-28)31-26-19-49-29(25-12-23(40)11-21(2)30(25)35(37,38)39)14-27(26)41-33(42-31)50-20-34-7-5-9-46(34)17-22(15-34)16-36/h11-13,16,29H,4-10,14-15,17-20,40H2,1-3H3/b22-16-/t29-,34-/m0/s1. The average Bonchev–Trinajstić information content (AvgIpc) is 3.73. The molecule has 0 spiro atoms. The first-order chi connectivity index (χ1) is 23.9. The molecule has 2 N–H and O–H groups in total. The van der Waals surface area contributed by atoms with Crippen LogP contribution in [0.25, 0.3) is 0 Å². The Hall–Kier alpha value is -4.24. The van der Waals surface area contributed by atoms with Gasteiger partial charge in [-0.1, -0.05) is 0 Å². The van der Waals surface area contributed by atoms with E-state index < -0.39 is 17.8 Å². The molecule has 268 valence electrons. The fourth-order valence-corrected chi connectivity index (χ4v) is 7.98. The summed E-state index contributed by atoms with van der Waals surface area (Å²) >= 11 is 0. The zero-order chi connectivity index (χ0) is 35.4. The summed E-state index contributed by atoms with van der Waals surface area (Å²) in [7, 11) is 1.73. The lowest BCUT2D eigenvalue weighted by Crippen LogP contribution is -2.43. The van der Waals surface area contributed by atoms with Gasteiger partial charge in [0, 0.05) is 50.9 Å². The summed E-state index contributed by atoms with van der Waals surface area (Å²) < 4.78 is 71.0. The highest BCUT2D eigenvalue weighted by atomic mass is 19.4. The van der Waals surface area contributed by atoms with Gasteiger partial charge in [0.05, 0.1) is 48.1 Å². The van der Waals surface area contributed by atoms with Gasteiger partial charge in [0.2, 0.25) is 0 Å². The third-order valence-electron chi connectivity index (χ3n) is 10.5. The van der Waals surface area contributed by atoms with Crippen LogP contribution >= 0.6 is 0 Å². The van der Waals surface area contributed by atoms with Crippen LogP contribution in [0.5, 0.6) is 6.01 Å². The van der Waals surface area contributed by atoms with Crippen molar-refractivity contribution in [1.29, 1.82) is 0 Å². The van der Waals surface area contributed by atoms with Gasteiger partial charge in [-0.15, -0.1) is 0 Å². The van der Waals surface area contributed by atoms with Crippen LogP contribution in [0.3, 0.4) is 0 Å². The number of amides is 1. The number of anilines is 2. The van der Waals surface area contributed by atoms with Crippen LogP contribution in [0.4, 0.5) is 29.1 Å². The molecule has 1 amide bonds. The van der Waals surface area contributed by atoms with Crippen molar-refractivity contribution in [3.05, 3.63) is 69.4 Å². The first-order valence-electron chi connectivity index (χ1n) is 17.1. The van der Waals surface area contributed by atoms with E-state index in [4.69, 9.17) is 25.2 Å². The number of rotatable bonds is 7. The molecule has 50 heavy (non-hydrogen) atoms. The molecule has 7 rings (SSSR count). The smallest absolute Gasteiger partial charge is 0.417 e. The summed E-state index contributed by atoms with van der Waals surface area (Å²) in [5, 5.41) is 4.59. The molecule has 6 heterocycles. The summed E-state index contributed by atoms with van der Waals surface area (Å²) in [6.45, 7) is 7.05. The molecule has 1 aromatic carbocycles. The second-order valence-corrected chi connectivity index (χ2v) is 13.9. The minimum atomic E-state index is -4.61. The molecular formula is C35H42F4N8O3. The number of benzene rings is 1. The van der Waals surface area contributed by atoms with Crippen LogP contribution in [0.2, 0.25) is 0 Å². The normalized spacial score (nSPS) is 23.1. The Labute approximate surface area is 288 Å². The van der Waals surface area contributed by atoms with Gasteiger partial charge in [-0.2, -0.15) is 28.2 Å². The molecule has 0 saturated carbocycles. The van der Waals surface area contributed by atoms with E-state index in [1.165, 1.54) is 19.1 Å². The number of fused-ring (bicyclic) bond motifs is 3. The van der Waals surface area contributed by atoms with E-state index in [-0.39, 0.29) is 53.9 Å². The Morgan fingerprint density at radius 3 is 2.76 bits per heavy atom. The SMILES string of the molecule is CCN(C)C(=O)c1cc2n(n1)CCCN(c1nc(OC[C@@]34CCCN3C/C(=C\F)C4)nc3c1CO[C@H](c1cc(N)cc(C)c1C(F)(F)F)C3)C2. The average molecular weight is 699 g/mol. The van der Waals surface area contributed by atoms with E-state index >= 15 is 0 Å². The lowest BCUT2D eigenvalue weighted by Gasteiger charge is -2.33. The van der Waals surface area contributed by atoms with E-state index in [0.717, 1.165) is 30.7 Å². The van der Waals surface area contributed by atoms with Crippen LogP contribution < -0.4 is 15.4 Å². The quantitative estimate of drug-likeness (QED) is 0.257. The maximum atomic E-state index is 14.3. The predicted molar refractivity (Wildman–Crippen MR) is 177 cm³/mol. The van der Waals surface area contributed by atoms with E-state index in [9.17, 15) is 22.4 Å². The van der Waals surface area contributed by atoms with Crippen molar-refractivity contribution in [3.8, 4) is 6.01 Å². The molecule has 0 aliphatic carbocycles. The molecule has 0 unspecified atom stereocenters. The number of hydrogen-bond donors (Lipinski definition) is 1. The number of hydrogen-bond acceptors (Lipinski definition) is 9. The van der Waals surface area contributed by atoms with E-state index in [1.54, 1.807) is 18.0 Å². The molecular weight excluding hydrogens is 656 g/mol. The van der Waals surface area contributed by atoms with E-state index in [1.807, 2.05) is 11.6 Å². The molecule has 2 fully saturated rings. The molecule has 15 heteroatoms. The molecule has 4 aliphatic heterocycles. The minimum absolute atomic E-state index is 0.0239. The highest BCUT2D eigenvalue weighted by Gasteiger charge is 2.47. The van der Waals surface area contributed by atoms with Gasteiger partial charge in [-0.05, 0) is 81.0 Å². The first kappa shape index (κ1) is 34.2. The van der Waals surface area contributed by atoms with Crippen LogP contribution in [0.1, 0.15) is 82.8 Å². The molecule has 2 saturated heterocycles. The number of ether oxygens (including phenoxy) is 2. The lowest BCUT2D eigenvalue weighted by molar-refractivity contribution is -0.140. The Morgan fingerprint density at radius 1 is 1.18 bits per heavy atom. The van der Waals surface area contributed by atoms with E-state index in [2.05, 4.69) is 14.9 Å². The molecule has 2 atom stereocenters. The summed E-state index contributed by atoms with van der Waals surface area (Å²) in [5.74, 6) is 0.398. The first-order valence-corrected chi connectivity index (χ1v) is 17.1. The number of aryl methyl sites for hydroxylation is 2. The van der Waals surface area contributed by atoms with Crippen molar-refractivity contribution in [1.82, 2.24) is 29.5 Å². The number of nitrogens with zero attached hydrogens (tertiary/aromatic N) is 7. The zero-order valence-corrected chi connectivity index (χ0v) is 28.5. The van der Waals surface area contributed by atoms with Crippen molar-refractivity contribution < 1.29 is 31.8 Å². The number of carbonyl (C=O) groups excluding carboxylic acids is 1. The third kappa shape index (κ3) is 6.29. The van der Waals surface area contributed by atoms with Crippen LogP contribution in [0.15, 0.2) is 30.1 Å². The van der Waals surface area contributed by atoms with E-state index in [0.29, 0.717) is 74.7 Å². The van der Waals surface area contributed by atoms with Crippen LogP contribution in [-0.2, 0) is 37.0 Å². The zero-order valence-electron chi connectivity index (χ0n) is 28.5. The largest absolute Gasteiger partial charge is 0.461 e. The number of aromatic nitrogens is 4. The second kappa shape index (κ2) is 13.1. The Kier molecular flexibility index (Phi) is 8.99. The Balaban J connectivity index is 1.25. The summed E-state index contributed by atoms with van der Waals surface area (Å²) in [6.07, 6.45) is -1.75. The van der Waals surface area contributed by atoms with Crippen molar-refractivity contribution >= 4 is 17.4 Å². The maximum Gasteiger partial charge on any atom is 0.417 e. The lowest BCUT2D eigenvalue weighted by atomic mass is 9.92. The van der Waals surface area contributed by atoms with Gasteiger partial charge in [-0.3, -0.25) is 14.4 Å². The minimum Gasteiger partial charge on any atom is -0.461 e. The Morgan fingerprint density at radius 2 is 2.00 bits per heavy atom.